The monoisotopic (exact) mass is 277 g/mol. The van der Waals surface area contributed by atoms with Crippen molar-refractivity contribution >= 4 is 28.0 Å². The second kappa shape index (κ2) is 4.45. The molecule has 3 heterocycles. The van der Waals surface area contributed by atoms with Gasteiger partial charge < -0.3 is 10.3 Å². The van der Waals surface area contributed by atoms with Crippen LogP contribution in [0.15, 0.2) is 55.0 Å². The molecule has 0 aliphatic heterocycles. The van der Waals surface area contributed by atoms with Crippen molar-refractivity contribution in [3.8, 4) is 0 Å². The Balaban J connectivity index is 1.74. The molecule has 0 saturated heterocycles. The summed E-state index contributed by atoms with van der Waals surface area (Å²) in [6.45, 7) is 0. The third kappa shape index (κ3) is 1.85. The summed E-state index contributed by atoms with van der Waals surface area (Å²) in [5.41, 5.74) is 2.81. The van der Waals surface area contributed by atoms with E-state index in [9.17, 15) is 4.79 Å². The molecule has 21 heavy (non-hydrogen) atoms. The van der Waals surface area contributed by atoms with Gasteiger partial charge in [-0.25, -0.2) is 0 Å². The molecule has 4 aromatic rings. The first-order chi connectivity index (χ1) is 10.3. The van der Waals surface area contributed by atoms with Gasteiger partial charge >= 0.3 is 0 Å². The highest BCUT2D eigenvalue weighted by Gasteiger charge is 2.14. The summed E-state index contributed by atoms with van der Waals surface area (Å²) in [5, 5.41) is 12.1. The number of aromatic nitrogens is 4. The first kappa shape index (κ1) is 11.7. The van der Waals surface area contributed by atoms with Gasteiger partial charge in [-0.15, -0.1) is 0 Å². The lowest BCUT2D eigenvalue weighted by atomic mass is 10.2. The molecule has 4 rings (SSSR count). The predicted molar refractivity (Wildman–Crippen MR) is 79.2 cm³/mol. The zero-order valence-corrected chi connectivity index (χ0v) is 10.9. The quantitative estimate of drug-likeness (QED) is 0.591. The average Bonchev–Trinajstić information content (AvgIpc) is 3.14. The number of hydrogen-bond donors (Lipinski definition) is 2. The highest BCUT2D eigenvalue weighted by Crippen LogP contribution is 2.22. The Labute approximate surface area is 119 Å². The van der Waals surface area contributed by atoms with Crippen LogP contribution >= 0.6 is 0 Å². The van der Waals surface area contributed by atoms with Crippen molar-refractivity contribution in [2.45, 2.75) is 0 Å². The Hall–Kier alpha value is -3.15. The maximum absolute atomic E-state index is 12.4. The molecule has 0 saturated carbocycles. The van der Waals surface area contributed by atoms with Crippen molar-refractivity contribution in [1.29, 1.82) is 0 Å². The fourth-order valence-corrected chi connectivity index (χ4v) is 2.39. The maximum atomic E-state index is 12.4. The molecule has 0 bridgehead atoms. The first-order valence-electron chi connectivity index (χ1n) is 6.49. The Morgan fingerprint density at radius 3 is 3.05 bits per heavy atom. The van der Waals surface area contributed by atoms with Crippen molar-refractivity contribution in [2.24, 2.45) is 0 Å². The molecular formula is C15H11N5O. The molecule has 1 aromatic carbocycles. The summed E-state index contributed by atoms with van der Waals surface area (Å²) in [6.07, 6.45) is 4.99. The molecular weight excluding hydrogens is 266 g/mol. The van der Waals surface area contributed by atoms with Crippen LogP contribution in [-0.2, 0) is 0 Å². The van der Waals surface area contributed by atoms with Gasteiger partial charge in [-0.1, -0.05) is 12.1 Å². The van der Waals surface area contributed by atoms with Crippen LogP contribution in [0.25, 0.3) is 16.4 Å². The second-order valence-electron chi connectivity index (χ2n) is 4.66. The summed E-state index contributed by atoms with van der Waals surface area (Å²) >= 11 is 0. The fraction of sp³-hybridized carbons (Fsp3) is 0. The molecule has 2 N–H and O–H groups in total. The normalized spacial score (nSPS) is 11.0. The molecule has 6 heteroatoms. The van der Waals surface area contributed by atoms with Crippen LogP contribution < -0.4 is 5.32 Å². The number of benzene rings is 1. The molecule has 0 aliphatic carbocycles. The van der Waals surface area contributed by atoms with Gasteiger partial charge in [-0.05, 0) is 24.3 Å². The summed E-state index contributed by atoms with van der Waals surface area (Å²) in [5.74, 6) is -0.208. The van der Waals surface area contributed by atoms with E-state index in [-0.39, 0.29) is 5.91 Å². The Kier molecular flexibility index (Phi) is 2.47. The highest BCUT2D eigenvalue weighted by molar-refractivity contribution is 6.11. The van der Waals surface area contributed by atoms with Crippen molar-refractivity contribution in [1.82, 2.24) is 19.8 Å². The number of fused-ring (bicyclic) bond motifs is 2. The second-order valence-corrected chi connectivity index (χ2v) is 4.66. The van der Waals surface area contributed by atoms with E-state index >= 15 is 0 Å². The number of amides is 1. The van der Waals surface area contributed by atoms with Crippen molar-refractivity contribution < 1.29 is 4.79 Å². The standard InChI is InChI=1S/C15H11N5O/c21-15(11-9-18-20-13(11)5-2-7-17-20)19-12-4-1-3-10-6-8-16-14(10)12/h1-9,16H,(H,19,21). The minimum Gasteiger partial charge on any atom is -0.359 e. The van der Waals surface area contributed by atoms with Crippen LogP contribution in [0.5, 0.6) is 0 Å². The zero-order chi connectivity index (χ0) is 14.2. The van der Waals surface area contributed by atoms with Crippen LogP contribution in [0.3, 0.4) is 0 Å². The molecule has 1 amide bonds. The minimum atomic E-state index is -0.208. The lowest BCUT2D eigenvalue weighted by Gasteiger charge is -2.05. The van der Waals surface area contributed by atoms with Crippen molar-refractivity contribution in [3.63, 3.8) is 0 Å². The van der Waals surface area contributed by atoms with Gasteiger partial charge in [0.1, 0.15) is 5.52 Å². The van der Waals surface area contributed by atoms with E-state index < -0.39 is 0 Å². The molecule has 102 valence electrons. The number of nitrogens with one attached hydrogen (secondary N) is 2. The number of hydrogen-bond acceptors (Lipinski definition) is 3. The number of carbonyl (C=O) groups excluding carboxylic acids is 1. The van der Waals surface area contributed by atoms with Gasteiger partial charge in [0.05, 0.1) is 23.0 Å². The Bertz CT molecular complexity index is 953. The summed E-state index contributed by atoms with van der Waals surface area (Å²) in [7, 11) is 0. The fourth-order valence-electron chi connectivity index (χ4n) is 2.39. The number of carbonyl (C=O) groups is 1. The van der Waals surface area contributed by atoms with Gasteiger partial charge in [0.2, 0.25) is 0 Å². The Morgan fingerprint density at radius 1 is 1.14 bits per heavy atom. The SMILES string of the molecule is O=C(Nc1cccc2cc[nH]c12)c1cnn2ncccc12. The number of H-pyrrole nitrogens is 1. The van der Waals surface area contributed by atoms with Gasteiger partial charge in [0.15, 0.2) is 0 Å². The lowest BCUT2D eigenvalue weighted by Crippen LogP contribution is -2.12. The number of nitrogens with zero attached hydrogens (tertiary/aromatic N) is 3. The topological polar surface area (TPSA) is 75.1 Å². The summed E-state index contributed by atoms with van der Waals surface area (Å²) < 4.78 is 1.43. The van der Waals surface area contributed by atoms with Crippen molar-refractivity contribution in [2.75, 3.05) is 5.32 Å². The Morgan fingerprint density at radius 2 is 2.10 bits per heavy atom. The summed E-state index contributed by atoms with van der Waals surface area (Å²) in [4.78, 5) is 15.6. The average molecular weight is 277 g/mol. The molecule has 0 fully saturated rings. The van der Waals surface area contributed by atoms with Gasteiger partial charge in [-0.2, -0.15) is 14.8 Å². The van der Waals surface area contributed by atoms with E-state index in [2.05, 4.69) is 20.5 Å². The van der Waals surface area contributed by atoms with Gasteiger partial charge in [0.25, 0.3) is 5.91 Å². The number of aromatic amines is 1. The van der Waals surface area contributed by atoms with Crippen LogP contribution in [0.1, 0.15) is 10.4 Å². The molecule has 6 nitrogen and oxygen atoms in total. The van der Waals surface area contributed by atoms with Crippen LogP contribution in [0.2, 0.25) is 0 Å². The summed E-state index contributed by atoms with van der Waals surface area (Å²) in [6, 6.07) is 11.3. The molecule has 0 aliphatic rings. The van der Waals surface area contributed by atoms with E-state index in [0.717, 1.165) is 16.6 Å². The zero-order valence-electron chi connectivity index (χ0n) is 10.9. The maximum Gasteiger partial charge on any atom is 0.259 e. The van der Waals surface area contributed by atoms with E-state index in [1.165, 1.54) is 10.8 Å². The largest absolute Gasteiger partial charge is 0.359 e. The van der Waals surface area contributed by atoms with E-state index in [1.807, 2.05) is 36.5 Å². The molecule has 0 radical (unpaired) electrons. The van der Waals surface area contributed by atoms with Crippen LogP contribution in [0, 0.1) is 0 Å². The van der Waals surface area contributed by atoms with Crippen LogP contribution in [0.4, 0.5) is 5.69 Å². The van der Waals surface area contributed by atoms with E-state index in [0.29, 0.717) is 11.1 Å². The third-order valence-electron chi connectivity index (χ3n) is 3.38. The van der Waals surface area contributed by atoms with Gasteiger partial charge in [-0.3, -0.25) is 4.79 Å². The minimum absolute atomic E-state index is 0.208. The molecule has 0 spiro atoms. The third-order valence-corrected chi connectivity index (χ3v) is 3.38. The number of para-hydroxylation sites is 1. The predicted octanol–water partition coefficient (Wildman–Crippen LogP) is 2.46. The van der Waals surface area contributed by atoms with Crippen molar-refractivity contribution in [3.05, 3.63) is 60.6 Å². The van der Waals surface area contributed by atoms with E-state index in [1.54, 1.807) is 12.3 Å². The van der Waals surface area contributed by atoms with Crippen LogP contribution in [-0.4, -0.2) is 25.7 Å². The first-order valence-corrected chi connectivity index (χ1v) is 6.49. The smallest absolute Gasteiger partial charge is 0.259 e. The number of rotatable bonds is 2. The highest BCUT2D eigenvalue weighted by atomic mass is 16.1. The van der Waals surface area contributed by atoms with Gasteiger partial charge in [0, 0.05) is 17.8 Å². The lowest BCUT2D eigenvalue weighted by molar-refractivity contribution is 0.102. The molecule has 0 atom stereocenters. The number of anilines is 1. The molecule has 3 aromatic heterocycles. The van der Waals surface area contributed by atoms with E-state index in [4.69, 9.17) is 0 Å². The molecule has 0 unspecified atom stereocenters.